The number of nitrogens with one attached hydrogen (secondary N) is 1. The minimum Gasteiger partial charge on any atom is -0.366 e. The van der Waals surface area contributed by atoms with Gasteiger partial charge in [-0.25, -0.2) is 14.2 Å². The van der Waals surface area contributed by atoms with E-state index in [1.165, 1.54) is 17.2 Å². The van der Waals surface area contributed by atoms with E-state index >= 15 is 0 Å². The van der Waals surface area contributed by atoms with E-state index in [0.717, 1.165) is 31.3 Å². The fourth-order valence-corrected chi connectivity index (χ4v) is 4.95. The number of carbonyl (C=O) groups is 1. The van der Waals surface area contributed by atoms with Gasteiger partial charge in [-0.1, -0.05) is 0 Å². The molecule has 2 aromatic heterocycles. The lowest BCUT2D eigenvalue weighted by Gasteiger charge is -2.46. The highest BCUT2D eigenvalue weighted by Crippen LogP contribution is 2.41. The van der Waals surface area contributed by atoms with Gasteiger partial charge in [-0.3, -0.25) is 9.88 Å². The first-order valence-electron chi connectivity index (χ1n) is 11.1. The van der Waals surface area contributed by atoms with Crippen LogP contribution in [-0.4, -0.2) is 54.4 Å². The number of rotatable bonds is 2. The van der Waals surface area contributed by atoms with Crippen LogP contribution in [0.2, 0.25) is 0 Å². The number of anilines is 4. The average molecular weight is 464 g/mol. The lowest BCUT2D eigenvalue weighted by atomic mass is 9.97. The molecule has 1 N–H and O–H groups in total. The highest BCUT2D eigenvalue weighted by molar-refractivity contribution is 6.04. The Morgan fingerprint density at radius 3 is 2.64 bits per heavy atom. The van der Waals surface area contributed by atoms with Crippen molar-refractivity contribution in [3.8, 4) is 0 Å². The Morgan fingerprint density at radius 2 is 1.85 bits per heavy atom. The molecule has 0 radical (unpaired) electrons. The zero-order valence-corrected chi connectivity index (χ0v) is 17.9. The van der Waals surface area contributed by atoms with Gasteiger partial charge in [0.25, 0.3) is 0 Å². The number of nitrogens with zero attached hydrogens (tertiary/aromatic N) is 5. The van der Waals surface area contributed by atoms with E-state index in [2.05, 4.69) is 20.2 Å². The molecule has 5 rings (SSSR count). The number of amides is 2. The lowest BCUT2D eigenvalue weighted by molar-refractivity contribution is -0.176. The molecule has 0 aromatic carbocycles. The number of halogens is 4. The van der Waals surface area contributed by atoms with E-state index in [4.69, 9.17) is 0 Å². The summed E-state index contributed by atoms with van der Waals surface area (Å²) < 4.78 is 54.0. The molecule has 176 valence electrons. The van der Waals surface area contributed by atoms with E-state index in [9.17, 15) is 22.4 Å². The Bertz CT molecular complexity index is 1050. The van der Waals surface area contributed by atoms with Crippen molar-refractivity contribution in [2.45, 2.75) is 37.9 Å². The summed E-state index contributed by atoms with van der Waals surface area (Å²) in [5.41, 5.74) is 0.763. The van der Waals surface area contributed by atoms with Crippen LogP contribution in [0, 0.1) is 11.7 Å². The number of urea groups is 1. The van der Waals surface area contributed by atoms with E-state index in [0.29, 0.717) is 31.1 Å². The van der Waals surface area contributed by atoms with E-state index in [-0.39, 0.29) is 24.7 Å². The van der Waals surface area contributed by atoms with Crippen LogP contribution in [0.15, 0.2) is 30.6 Å². The summed E-state index contributed by atoms with van der Waals surface area (Å²) in [5, 5.41) is 2.60. The predicted octanol–water partition coefficient (Wildman–Crippen LogP) is 4.42. The van der Waals surface area contributed by atoms with Crippen LogP contribution >= 0.6 is 0 Å². The monoisotopic (exact) mass is 464 g/mol. The molecule has 5 heterocycles. The summed E-state index contributed by atoms with van der Waals surface area (Å²) in [5.74, 6) is -1.25. The second-order valence-electron chi connectivity index (χ2n) is 8.74. The molecule has 3 aliphatic heterocycles. The number of aromatic nitrogens is 2. The first kappa shape index (κ1) is 21.7. The normalized spacial score (nSPS) is 22.7. The molecule has 2 saturated heterocycles. The first-order chi connectivity index (χ1) is 15.8. The van der Waals surface area contributed by atoms with Gasteiger partial charge in [0, 0.05) is 32.4 Å². The molecule has 2 bridgehead atoms. The molecule has 11 heteroatoms. The molecular formula is C22H24F4N6O. The number of carbonyl (C=O) groups excluding carboxylic acids is 1. The molecule has 33 heavy (non-hydrogen) atoms. The summed E-state index contributed by atoms with van der Waals surface area (Å²) >= 11 is 0. The van der Waals surface area contributed by atoms with Crippen molar-refractivity contribution in [3.63, 3.8) is 0 Å². The topological polar surface area (TPSA) is 64.6 Å². The molecule has 0 spiro atoms. The van der Waals surface area contributed by atoms with Crippen LogP contribution < -0.4 is 20.0 Å². The molecule has 2 fully saturated rings. The first-order valence-corrected chi connectivity index (χ1v) is 11.1. The van der Waals surface area contributed by atoms with Crippen molar-refractivity contribution >= 4 is 29.0 Å². The molecule has 2 unspecified atom stereocenters. The van der Waals surface area contributed by atoms with E-state index < -0.39 is 23.9 Å². The maximum Gasteiger partial charge on any atom is 0.393 e. The van der Waals surface area contributed by atoms with Gasteiger partial charge < -0.3 is 15.1 Å². The van der Waals surface area contributed by atoms with Gasteiger partial charge in [-0.05, 0) is 43.9 Å². The summed E-state index contributed by atoms with van der Waals surface area (Å²) in [6, 6.07) is 4.24. The standard InChI is InChI=1S/C22H24F4N6O/c23-16-11-27-8-7-17(16)28-21(33)32-15-4-2-9-30(13-15)18-5-6-19(29-20(18)32)31-10-1-3-14(12-31)22(24,25)26/h5-8,11,14-15H,1-4,9-10,12-13H2,(H,27,28,33). The lowest BCUT2D eigenvalue weighted by Crippen LogP contribution is -2.56. The third kappa shape index (κ3) is 4.16. The number of hydrogen-bond acceptors (Lipinski definition) is 5. The van der Waals surface area contributed by atoms with Crippen LogP contribution in [0.4, 0.5) is 45.4 Å². The van der Waals surface area contributed by atoms with Crippen molar-refractivity contribution in [3.05, 3.63) is 36.4 Å². The average Bonchev–Trinajstić information content (AvgIpc) is 2.80. The maximum absolute atomic E-state index is 14.1. The highest BCUT2D eigenvalue weighted by Gasteiger charge is 2.43. The number of alkyl halides is 3. The van der Waals surface area contributed by atoms with Crippen LogP contribution in [0.1, 0.15) is 25.7 Å². The fraction of sp³-hybridized carbons (Fsp3) is 0.500. The molecule has 0 aliphatic carbocycles. The van der Waals surface area contributed by atoms with Gasteiger partial charge in [-0.15, -0.1) is 0 Å². The minimum absolute atomic E-state index is 0.00925. The second kappa shape index (κ2) is 8.35. The Hall–Kier alpha value is -3.11. The third-order valence-electron chi connectivity index (χ3n) is 6.61. The Kier molecular flexibility index (Phi) is 5.49. The van der Waals surface area contributed by atoms with Crippen LogP contribution in [0.3, 0.4) is 0 Å². The van der Waals surface area contributed by atoms with Gasteiger partial charge in [0.2, 0.25) is 0 Å². The number of fused-ring (bicyclic) bond motifs is 4. The predicted molar refractivity (Wildman–Crippen MR) is 116 cm³/mol. The highest BCUT2D eigenvalue weighted by atomic mass is 19.4. The molecule has 2 aromatic rings. The van der Waals surface area contributed by atoms with Crippen molar-refractivity contribution in [1.82, 2.24) is 9.97 Å². The summed E-state index contributed by atoms with van der Waals surface area (Å²) in [4.78, 5) is 26.9. The number of hydrogen-bond donors (Lipinski definition) is 1. The van der Waals surface area contributed by atoms with Gasteiger partial charge >= 0.3 is 12.2 Å². The van der Waals surface area contributed by atoms with Crippen molar-refractivity contribution in [1.29, 1.82) is 0 Å². The smallest absolute Gasteiger partial charge is 0.366 e. The summed E-state index contributed by atoms with van der Waals surface area (Å²) in [6.45, 7) is 1.76. The minimum atomic E-state index is -4.25. The largest absolute Gasteiger partial charge is 0.393 e. The Labute approximate surface area is 188 Å². The number of pyridine rings is 2. The van der Waals surface area contributed by atoms with Crippen molar-refractivity contribution in [2.24, 2.45) is 5.92 Å². The Balaban J connectivity index is 1.47. The maximum atomic E-state index is 14.1. The van der Waals surface area contributed by atoms with Gasteiger partial charge in [0.15, 0.2) is 11.6 Å². The van der Waals surface area contributed by atoms with Gasteiger partial charge in [0.05, 0.1) is 29.5 Å². The van der Waals surface area contributed by atoms with Crippen LogP contribution in [-0.2, 0) is 0 Å². The molecule has 7 nitrogen and oxygen atoms in total. The zero-order chi connectivity index (χ0) is 23.2. The van der Waals surface area contributed by atoms with Gasteiger partial charge in [0.1, 0.15) is 5.82 Å². The molecule has 3 aliphatic rings. The fourth-order valence-electron chi connectivity index (χ4n) is 4.95. The quantitative estimate of drug-likeness (QED) is 0.667. The molecule has 0 saturated carbocycles. The molecule has 2 atom stereocenters. The Morgan fingerprint density at radius 1 is 1.06 bits per heavy atom. The zero-order valence-electron chi connectivity index (χ0n) is 17.9. The van der Waals surface area contributed by atoms with E-state index in [1.807, 2.05) is 6.07 Å². The van der Waals surface area contributed by atoms with Gasteiger partial charge in [-0.2, -0.15) is 13.2 Å². The second-order valence-corrected chi connectivity index (χ2v) is 8.74. The van der Waals surface area contributed by atoms with Crippen LogP contribution in [0.5, 0.6) is 0 Å². The van der Waals surface area contributed by atoms with Crippen molar-refractivity contribution in [2.75, 3.05) is 46.2 Å². The van der Waals surface area contributed by atoms with Crippen LogP contribution in [0.25, 0.3) is 0 Å². The van der Waals surface area contributed by atoms with E-state index in [1.54, 1.807) is 11.0 Å². The molecular weight excluding hydrogens is 440 g/mol. The molecule has 2 amide bonds. The number of piperidine rings is 2. The summed E-state index contributed by atoms with van der Waals surface area (Å²) in [7, 11) is 0. The summed E-state index contributed by atoms with van der Waals surface area (Å²) in [6.07, 6.45) is 0.319. The van der Waals surface area contributed by atoms with Crippen molar-refractivity contribution < 1.29 is 22.4 Å². The third-order valence-corrected chi connectivity index (χ3v) is 6.61. The SMILES string of the molecule is O=C(Nc1ccncc1F)N1c2nc(N3CCCC(C(F)(F)F)C3)ccc2N2CCCC1C2.